The highest BCUT2D eigenvalue weighted by Crippen LogP contribution is 2.32. The predicted molar refractivity (Wildman–Crippen MR) is 122 cm³/mol. The smallest absolute Gasteiger partial charge is 0.308 e. The highest BCUT2D eigenvalue weighted by atomic mass is 35.5. The molecule has 0 saturated heterocycles. The van der Waals surface area contributed by atoms with Gasteiger partial charge in [-0.3, -0.25) is 4.79 Å². The number of rotatable bonds is 8. The summed E-state index contributed by atoms with van der Waals surface area (Å²) in [5.41, 5.74) is 0.982. The van der Waals surface area contributed by atoms with Crippen LogP contribution in [0.15, 0.2) is 47.4 Å². The van der Waals surface area contributed by atoms with E-state index in [1.165, 1.54) is 22.5 Å². The summed E-state index contributed by atoms with van der Waals surface area (Å²) < 4.78 is 47.4. The van der Waals surface area contributed by atoms with Gasteiger partial charge in [-0.15, -0.1) is 0 Å². The minimum atomic E-state index is -3.88. The molecule has 0 heterocycles. The third kappa shape index (κ3) is 5.88. The molecule has 32 heavy (non-hydrogen) atoms. The maximum atomic E-state index is 13.8. The Kier molecular flexibility index (Phi) is 8.31. The lowest BCUT2D eigenvalue weighted by molar-refractivity contribution is -0.149. The first kappa shape index (κ1) is 24.7. The molecule has 2 aromatic carbocycles. The normalized spacial score (nSPS) is 19.2. The van der Waals surface area contributed by atoms with Crippen LogP contribution in [0.25, 0.3) is 0 Å². The van der Waals surface area contributed by atoms with E-state index in [1.807, 2.05) is 6.07 Å². The van der Waals surface area contributed by atoms with Crippen LogP contribution >= 0.6 is 11.6 Å². The van der Waals surface area contributed by atoms with Crippen molar-refractivity contribution in [2.45, 2.75) is 51.0 Å². The summed E-state index contributed by atoms with van der Waals surface area (Å²) in [6.07, 6.45) is 2.83. The topological polar surface area (TPSA) is 63.7 Å². The van der Waals surface area contributed by atoms with Crippen molar-refractivity contribution in [3.05, 3.63) is 64.4 Å². The van der Waals surface area contributed by atoms with Crippen molar-refractivity contribution in [1.82, 2.24) is 4.31 Å². The van der Waals surface area contributed by atoms with E-state index in [0.717, 1.165) is 12.8 Å². The number of esters is 1. The fourth-order valence-electron chi connectivity index (χ4n) is 4.12. The van der Waals surface area contributed by atoms with E-state index in [1.54, 1.807) is 32.0 Å². The van der Waals surface area contributed by atoms with E-state index in [-0.39, 0.29) is 34.8 Å². The molecule has 3 rings (SSSR count). The molecule has 8 heteroatoms. The van der Waals surface area contributed by atoms with E-state index in [9.17, 15) is 17.6 Å². The molecule has 0 aromatic heterocycles. The van der Waals surface area contributed by atoms with Gasteiger partial charge in [0.1, 0.15) is 5.82 Å². The van der Waals surface area contributed by atoms with Gasteiger partial charge in [0, 0.05) is 18.1 Å². The second-order valence-corrected chi connectivity index (χ2v) is 10.6. The van der Waals surface area contributed by atoms with Gasteiger partial charge in [-0.05, 0) is 80.8 Å². The van der Waals surface area contributed by atoms with Gasteiger partial charge < -0.3 is 4.74 Å². The van der Waals surface area contributed by atoms with Gasteiger partial charge in [-0.25, -0.2) is 12.8 Å². The number of sulfonamides is 1. The molecule has 5 nitrogen and oxygen atoms in total. The summed E-state index contributed by atoms with van der Waals surface area (Å²) in [5, 5.41) is 0.494. The van der Waals surface area contributed by atoms with Crippen molar-refractivity contribution >= 4 is 27.6 Å². The van der Waals surface area contributed by atoms with Gasteiger partial charge in [0.2, 0.25) is 10.0 Å². The van der Waals surface area contributed by atoms with Gasteiger partial charge in [-0.2, -0.15) is 4.31 Å². The standard InChI is InChI=1S/C24H29ClFNO4S/c1-3-31-24(28)19-10-8-18(9-11-19)15-27(16-20-6-4-5-7-22(20)25)32(29,30)21-12-13-23(26)17(2)14-21/h4-7,12-14,18-19H,3,8-11,15-16H2,1-2H3. The number of halogens is 2. The molecular formula is C24H29ClFNO4S. The fourth-order valence-corrected chi connectivity index (χ4v) is 5.90. The Hall–Kier alpha value is -1.96. The Morgan fingerprint density at radius 3 is 2.47 bits per heavy atom. The zero-order chi connectivity index (χ0) is 23.3. The van der Waals surface area contributed by atoms with Crippen LogP contribution in [0.3, 0.4) is 0 Å². The van der Waals surface area contributed by atoms with E-state index >= 15 is 0 Å². The number of ether oxygens (including phenoxy) is 1. The number of carbonyl (C=O) groups is 1. The largest absolute Gasteiger partial charge is 0.466 e. The minimum Gasteiger partial charge on any atom is -0.466 e. The van der Waals surface area contributed by atoms with Crippen molar-refractivity contribution in [1.29, 1.82) is 0 Å². The first-order valence-electron chi connectivity index (χ1n) is 10.9. The lowest BCUT2D eigenvalue weighted by Gasteiger charge is -2.32. The Labute approximate surface area is 194 Å². The number of carbonyl (C=O) groups excluding carboxylic acids is 1. The summed E-state index contributed by atoms with van der Waals surface area (Å²) in [4.78, 5) is 12.1. The second-order valence-electron chi connectivity index (χ2n) is 8.27. The molecule has 2 aromatic rings. The molecule has 0 spiro atoms. The number of aryl methyl sites for hydroxylation is 1. The van der Waals surface area contributed by atoms with Crippen molar-refractivity contribution < 1.29 is 22.3 Å². The average Bonchev–Trinajstić information content (AvgIpc) is 2.77. The van der Waals surface area contributed by atoms with Crippen molar-refractivity contribution in [2.24, 2.45) is 11.8 Å². The zero-order valence-corrected chi connectivity index (χ0v) is 20.0. The van der Waals surface area contributed by atoms with Gasteiger partial charge in [0.25, 0.3) is 0 Å². The van der Waals surface area contributed by atoms with Crippen LogP contribution < -0.4 is 0 Å². The third-order valence-electron chi connectivity index (χ3n) is 6.00. The van der Waals surface area contributed by atoms with Crippen LogP contribution in [0.2, 0.25) is 5.02 Å². The molecule has 0 atom stereocenters. The van der Waals surface area contributed by atoms with Gasteiger partial charge in [0.15, 0.2) is 0 Å². The fraction of sp³-hybridized carbons (Fsp3) is 0.458. The second kappa shape index (κ2) is 10.8. The van der Waals surface area contributed by atoms with Crippen LogP contribution in [0.1, 0.15) is 43.7 Å². The zero-order valence-electron chi connectivity index (χ0n) is 18.4. The number of nitrogens with zero attached hydrogens (tertiary/aromatic N) is 1. The lowest BCUT2D eigenvalue weighted by Crippen LogP contribution is -2.37. The lowest BCUT2D eigenvalue weighted by atomic mass is 9.82. The maximum Gasteiger partial charge on any atom is 0.308 e. The van der Waals surface area contributed by atoms with Crippen molar-refractivity contribution in [3.63, 3.8) is 0 Å². The molecule has 1 fully saturated rings. The summed E-state index contributed by atoms with van der Waals surface area (Å²) >= 11 is 6.31. The van der Waals surface area contributed by atoms with Gasteiger partial charge in [0.05, 0.1) is 17.4 Å². The molecule has 0 aliphatic heterocycles. The van der Waals surface area contributed by atoms with Crippen LogP contribution in [0, 0.1) is 24.6 Å². The Balaban J connectivity index is 1.82. The summed E-state index contributed by atoms with van der Waals surface area (Å²) in [6, 6.07) is 11.0. The first-order valence-corrected chi connectivity index (χ1v) is 12.7. The van der Waals surface area contributed by atoms with Gasteiger partial charge >= 0.3 is 5.97 Å². The van der Waals surface area contributed by atoms with E-state index in [2.05, 4.69) is 0 Å². The Bertz CT molecular complexity index is 1050. The molecule has 1 aliphatic carbocycles. The molecule has 1 saturated carbocycles. The molecule has 0 amide bonds. The predicted octanol–water partition coefficient (Wildman–Crippen LogP) is 5.35. The highest BCUT2D eigenvalue weighted by Gasteiger charge is 2.32. The Morgan fingerprint density at radius 2 is 1.84 bits per heavy atom. The minimum absolute atomic E-state index is 0.0589. The number of benzene rings is 2. The molecule has 0 unspecified atom stereocenters. The maximum absolute atomic E-state index is 13.8. The molecule has 174 valence electrons. The highest BCUT2D eigenvalue weighted by molar-refractivity contribution is 7.89. The molecular weight excluding hydrogens is 453 g/mol. The van der Waals surface area contributed by atoms with Crippen LogP contribution in [-0.4, -0.2) is 31.8 Å². The monoisotopic (exact) mass is 481 g/mol. The van der Waals surface area contributed by atoms with Crippen LogP contribution in [0.5, 0.6) is 0 Å². The number of hydrogen-bond donors (Lipinski definition) is 0. The molecule has 1 aliphatic rings. The average molecular weight is 482 g/mol. The van der Waals surface area contributed by atoms with E-state index in [4.69, 9.17) is 16.3 Å². The van der Waals surface area contributed by atoms with E-state index < -0.39 is 15.8 Å². The third-order valence-corrected chi connectivity index (χ3v) is 8.18. The summed E-state index contributed by atoms with van der Waals surface area (Å²) in [6.45, 7) is 4.12. The van der Waals surface area contributed by atoms with Crippen molar-refractivity contribution in [3.8, 4) is 0 Å². The molecule has 0 N–H and O–H groups in total. The summed E-state index contributed by atoms with van der Waals surface area (Å²) in [5.74, 6) is -0.633. The first-order chi connectivity index (χ1) is 15.2. The number of hydrogen-bond acceptors (Lipinski definition) is 4. The summed E-state index contributed by atoms with van der Waals surface area (Å²) in [7, 11) is -3.88. The van der Waals surface area contributed by atoms with E-state index in [0.29, 0.717) is 36.6 Å². The Morgan fingerprint density at radius 1 is 1.16 bits per heavy atom. The quantitative estimate of drug-likeness (QED) is 0.477. The van der Waals surface area contributed by atoms with Gasteiger partial charge in [-0.1, -0.05) is 29.8 Å². The van der Waals surface area contributed by atoms with Crippen LogP contribution in [0.4, 0.5) is 4.39 Å². The van der Waals surface area contributed by atoms with Crippen molar-refractivity contribution in [2.75, 3.05) is 13.2 Å². The molecule has 0 bridgehead atoms. The van der Waals surface area contributed by atoms with Crippen LogP contribution in [-0.2, 0) is 26.1 Å². The molecule has 0 radical (unpaired) electrons. The SMILES string of the molecule is CCOC(=O)C1CCC(CN(Cc2ccccc2Cl)S(=O)(=O)c2ccc(F)c(C)c2)CC1.